The van der Waals surface area contributed by atoms with E-state index >= 15 is 0 Å². The van der Waals surface area contributed by atoms with Crippen molar-refractivity contribution in [2.24, 2.45) is 9.98 Å². The number of hydrogen-bond donors (Lipinski definition) is 1. The van der Waals surface area contributed by atoms with Gasteiger partial charge in [0, 0.05) is 46.8 Å². The molecule has 2 heterocycles. The minimum atomic E-state index is -0.498. The van der Waals surface area contributed by atoms with Crippen molar-refractivity contribution in [3.63, 3.8) is 0 Å². The number of methoxy groups -OCH3 is 1. The van der Waals surface area contributed by atoms with Crippen LogP contribution in [0.3, 0.4) is 0 Å². The zero-order valence-electron chi connectivity index (χ0n) is 29.0. The molecule has 10 nitrogen and oxygen atoms in total. The molecule has 0 aromatic heterocycles. The number of non-ortho nitro benzene ring substituents is 1. The number of nitrogens with one attached hydrogen (secondary N) is 1. The lowest BCUT2D eigenvalue weighted by molar-refractivity contribution is -0.384. The van der Waals surface area contributed by atoms with E-state index in [0.717, 1.165) is 45.1 Å². The van der Waals surface area contributed by atoms with Crippen LogP contribution in [0, 0.1) is 10.1 Å². The van der Waals surface area contributed by atoms with Crippen molar-refractivity contribution in [2.45, 2.75) is 52.4 Å². The molecule has 0 aliphatic carbocycles. The van der Waals surface area contributed by atoms with Crippen LogP contribution in [-0.2, 0) is 10.8 Å². The van der Waals surface area contributed by atoms with Gasteiger partial charge >= 0.3 is 0 Å². The van der Waals surface area contributed by atoms with Crippen LogP contribution in [0.15, 0.2) is 101 Å². The standard InChI is InChI=1S/C40H37N5O5/c1-39(2,3)24-18-29(40(4,5)6)37-33(19-24)43-32-21-35-31(22-36(32)50-37)42-30-17-16-28(49-7)20-34(30)44(35)26-14-10-25(11-15-26)41-38(46)23-8-12-27(13-9-23)45(47)48/h8-22H,1-7H3,(H,41,46). The molecule has 2 aliphatic rings. The number of rotatable bonds is 5. The fourth-order valence-electron chi connectivity index (χ4n) is 6.09. The Morgan fingerprint density at radius 1 is 0.800 bits per heavy atom. The molecule has 1 N–H and O–H groups in total. The Bertz CT molecular complexity index is 2320. The number of carbonyl (C=O) groups excluding carboxylic acids is 1. The highest BCUT2D eigenvalue weighted by Gasteiger charge is 2.30. The maximum Gasteiger partial charge on any atom is 0.269 e. The molecule has 0 radical (unpaired) electrons. The third kappa shape index (κ3) is 5.93. The van der Waals surface area contributed by atoms with Gasteiger partial charge in [-0.3, -0.25) is 14.9 Å². The molecule has 0 saturated carbocycles. The summed E-state index contributed by atoms with van der Waals surface area (Å²) in [5.74, 6) is 1.71. The molecule has 0 unspecified atom stereocenters. The molecule has 10 heteroatoms. The zero-order valence-corrected chi connectivity index (χ0v) is 29.0. The Labute approximate surface area is 289 Å². The summed E-state index contributed by atoms with van der Waals surface area (Å²) in [7, 11) is 1.63. The van der Waals surface area contributed by atoms with Gasteiger partial charge in [-0.05, 0) is 77.1 Å². The fourth-order valence-corrected chi connectivity index (χ4v) is 6.09. The number of benzene rings is 5. The minimum absolute atomic E-state index is 0.0768. The molecule has 50 heavy (non-hydrogen) atoms. The molecule has 0 bridgehead atoms. The topological polar surface area (TPSA) is 119 Å². The summed E-state index contributed by atoms with van der Waals surface area (Å²) < 4.78 is 12.3. The van der Waals surface area contributed by atoms with Gasteiger partial charge in [-0.15, -0.1) is 0 Å². The van der Waals surface area contributed by atoms with Gasteiger partial charge in [0.25, 0.3) is 11.6 Å². The van der Waals surface area contributed by atoms with Crippen LogP contribution in [0.1, 0.15) is 63.0 Å². The quantitative estimate of drug-likeness (QED) is 0.144. The molecule has 2 aliphatic heterocycles. The Morgan fingerprint density at radius 3 is 2.14 bits per heavy atom. The van der Waals surface area contributed by atoms with Crippen molar-refractivity contribution >= 4 is 45.7 Å². The van der Waals surface area contributed by atoms with Gasteiger partial charge in [0.1, 0.15) is 16.8 Å². The second kappa shape index (κ2) is 11.8. The molecular weight excluding hydrogens is 630 g/mol. The summed E-state index contributed by atoms with van der Waals surface area (Å²) in [6.07, 6.45) is 0. The smallest absolute Gasteiger partial charge is 0.269 e. The first kappa shape index (κ1) is 32.5. The van der Waals surface area contributed by atoms with Crippen LogP contribution >= 0.6 is 0 Å². The summed E-state index contributed by atoms with van der Waals surface area (Å²) in [6, 6.07) is 27.0. The van der Waals surface area contributed by atoms with E-state index < -0.39 is 4.92 Å². The van der Waals surface area contributed by atoms with Gasteiger partial charge in [-0.25, -0.2) is 9.98 Å². The molecule has 0 saturated heterocycles. The van der Waals surface area contributed by atoms with E-state index in [1.807, 2.05) is 54.6 Å². The molecule has 7 rings (SSSR count). The number of nitrogens with zero attached hydrogens (tertiary/aromatic N) is 4. The highest BCUT2D eigenvalue weighted by molar-refractivity contribution is 6.04. The highest BCUT2D eigenvalue weighted by Crippen LogP contribution is 2.47. The van der Waals surface area contributed by atoms with E-state index in [4.69, 9.17) is 19.5 Å². The van der Waals surface area contributed by atoms with Crippen LogP contribution in [-0.4, -0.2) is 17.9 Å². The van der Waals surface area contributed by atoms with E-state index in [1.165, 1.54) is 29.8 Å². The van der Waals surface area contributed by atoms with Crippen LogP contribution in [0.4, 0.5) is 39.8 Å². The first-order chi connectivity index (χ1) is 23.7. The number of ether oxygens (including phenoxy) is 2. The Kier molecular flexibility index (Phi) is 7.70. The third-order valence-corrected chi connectivity index (χ3v) is 8.88. The molecule has 0 atom stereocenters. The first-order valence-corrected chi connectivity index (χ1v) is 16.3. The lowest BCUT2D eigenvalue weighted by Crippen LogP contribution is -2.27. The van der Waals surface area contributed by atoms with Crippen molar-refractivity contribution < 1.29 is 19.2 Å². The SMILES string of the molecule is COc1ccc2c(c1)N(c1ccc(NC(=O)c3ccc([N+](=O)[O-])cc3)cc1)c1cc3c(cc1=N2)Oc1c(cc(C(C)(C)C)cc1C(C)(C)C)N=3. The monoisotopic (exact) mass is 667 g/mol. The Balaban J connectivity index is 1.31. The molecule has 252 valence electrons. The van der Waals surface area contributed by atoms with Crippen LogP contribution < -0.4 is 30.4 Å². The average Bonchev–Trinajstić information content (AvgIpc) is 3.07. The Hall–Kier alpha value is -6.03. The van der Waals surface area contributed by atoms with Gasteiger partial charge in [-0.2, -0.15) is 0 Å². The summed E-state index contributed by atoms with van der Waals surface area (Å²) in [4.78, 5) is 35.7. The minimum Gasteiger partial charge on any atom is -0.497 e. The molecule has 5 aromatic rings. The average molecular weight is 668 g/mol. The molecule has 5 aromatic carbocycles. The van der Waals surface area contributed by atoms with E-state index in [0.29, 0.717) is 28.1 Å². The number of hydrogen-bond acceptors (Lipinski definition) is 8. The summed E-state index contributed by atoms with van der Waals surface area (Å²) in [5.41, 5.74) is 6.86. The second-order valence-corrected chi connectivity index (χ2v) is 14.5. The lowest BCUT2D eigenvalue weighted by Gasteiger charge is -2.31. The van der Waals surface area contributed by atoms with E-state index in [2.05, 4.69) is 63.9 Å². The van der Waals surface area contributed by atoms with E-state index in [9.17, 15) is 14.9 Å². The number of nitro groups is 1. The van der Waals surface area contributed by atoms with E-state index in [-0.39, 0.29) is 22.4 Å². The number of nitro benzene ring substituents is 1. The van der Waals surface area contributed by atoms with Gasteiger partial charge < -0.3 is 19.7 Å². The normalized spacial score (nSPS) is 13.0. The van der Waals surface area contributed by atoms with Gasteiger partial charge in [0.2, 0.25) is 0 Å². The molecule has 0 spiro atoms. The van der Waals surface area contributed by atoms with Gasteiger partial charge in [0.15, 0.2) is 11.5 Å². The van der Waals surface area contributed by atoms with Gasteiger partial charge in [-0.1, -0.05) is 47.6 Å². The predicted molar refractivity (Wildman–Crippen MR) is 194 cm³/mol. The molecular formula is C40H37N5O5. The van der Waals surface area contributed by atoms with Crippen molar-refractivity contribution in [1.29, 1.82) is 0 Å². The molecule has 0 fully saturated rings. The first-order valence-electron chi connectivity index (χ1n) is 16.3. The van der Waals surface area contributed by atoms with Crippen LogP contribution in [0.25, 0.3) is 0 Å². The van der Waals surface area contributed by atoms with Crippen molar-refractivity contribution in [2.75, 3.05) is 17.3 Å². The highest BCUT2D eigenvalue weighted by atomic mass is 16.6. The third-order valence-electron chi connectivity index (χ3n) is 8.88. The summed E-state index contributed by atoms with van der Waals surface area (Å²) in [6.45, 7) is 13.2. The van der Waals surface area contributed by atoms with Crippen LogP contribution in [0.5, 0.6) is 17.2 Å². The van der Waals surface area contributed by atoms with E-state index in [1.54, 1.807) is 7.11 Å². The summed E-state index contributed by atoms with van der Waals surface area (Å²) in [5, 5.41) is 15.3. The zero-order chi connectivity index (χ0) is 35.5. The van der Waals surface area contributed by atoms with Crippen molar-refractivity contribution in [3.8, 4) is 17.2 Å². The van der Waals surface area contributed by atoms with Crippen molar-refractivity contribution in [1.82, 2.24) is 0 Å². The van der Waals surface area contributed by atoms with Crippen LogP contribution in [0.2, 0.25) is 0 Å². The summed E-state index contributed by atoms with van der Waals surface area (Å²) >= 11 is 0. The number of fused-ring (bicyclic) bond motifs is 4. The van der Waals surface area contributed by atoms with Crippen molar-refractivity contribution in [3.05, 3.63) is 129 Å². The Morgan fingerprint density at radius 2 is 1.50 bits per heavy atom. The fraction of sp³-hybridized carbons (Fsp3) is 0.225. The number of amides is 1. The molecule has 1 amide bonds. The number of anilines is 4. The van der Waals surface area contributed by atoms with Gasteiger partial charge in [0.05, 0.1) is 34.5 Å². The number of carbonyl (C=O) groups is 1. The predicted octanol–water partition coefficient (Wildman–Crippen LogP) is 9.24. The maximum atomic E-state index is 12.9. The maximum absolute atomic E-state index is 12.9. The second-order valence-electron chi connectivity index (χ2n) is 14.5. The largest absolute Gasteiger partial charge is 0.497 e. The lowest BCUT2D eigenvalue weighted by atomic mass is 9.79.